The molecular weight excluding hydrogens is 427 g/mol. The minimum Gasteiger partial charge on any atom is -0.476 e. The van der Waals surface area contributed by atoms with Crippen LogP contribution in [0.4, 0.5) is 0 Å². The molecule has 0 amide bonds. The Balaban J connectivity index is 2.22. The van der Waals surface area contributed by atoms with Gasteiger partial charge in [-0.1, -0.05) is 80.1 Å². The molecule has 2 aromatic rings. The number of ether oxygens (including phenoxy) is 2. The van der Waals surface area contributed by atoms with E-state index in [4.69, 9.17) is 19.4 Å². The third-order valence-electron chi connectivity index (χ3n) is 3.65. The van der Waals surface area contributed by atoms with Gasteiger partial charge in [0.1, 0.15) is 18.0 Å². The molecule has 0 unspecified atom stereocenters. The Morgan fingerprint density at radius 2 is 1.68 bits per heavy atom. The molecule has 0 N–H and O–H groups in total. The van der Waals surface area contributed by atoms with Crippen LogP contribution in [0, 0.1) is 5.92 Å². The lowest BCUT2D eigenvalue weighted by Crippen LogP contribution is -2.10. The fourth-order valence-electron chi connectivity index (χ4n) is 2.35. The van der Waals surface area contributed by atoms with Gasteiger partial charge in [-0.25, -0.2) is 9.97 Å². The molecule has 4 nitrogen and oxygen atoms in total. The number of hydrogen-bond acceptors (Lipinski definition) is 4. The minimum absolute atomic E-state index is 0.474. The van der Waals surface area contributed by atoms with Gasteiger partial charge in [0.25, 0.3) is 0 Å². The number of rotatable bonds is 10. The van der Waals surface area contributed by atoms with Crippen molar-refractivity contribution in [2.75, 3.05) is 6.61 Å². The largest absolute Gasteiger partial charge is 0.476 e. The molecule has 0 aliphatic rings. The lowest BCUT2D eigenvalue weighted by Gasteiger charge is -2.15. The summed E-state index contributed by atoms with van der Waals surface area (Å²) in [6.07, 6.45) is 2.95. The summed E-state index contributed by atoms with van der Waals surface area (Å²) >= 11 is 2.30. The molecule has 0 spiro atoms. The summed E-state index contributed by atoms with van der Waals surface area (Å²) in [4.78, 5) is 9.47. The van der Waals surface area contributed by atoms with Crippen LogP contribution in [0.15, 0.2) is 30.3 Å². The highest BCUT2D eigenvalue weighted by atomic mass is 127. The first-order valence-corrected chi connectivity index (χ1v) is 10.4. The monoisotopic (exact) mass is 454 g/mol. The first kappa shape index (κ1) is 19.9. The molecule has 0 bridgehead atoms. The van der Waals surface area contributed by atoms with Crippen LogP contribution in [0.25, 0.3) is 0 Å². The van der Waals surface area contributed by atoms with Gasteiger partial charge in [-0.05, 0) is 24.3 Å². The summed E-state index contributed by atoms with van der Waals surface area (Å²) < 4.78 is 12.6. The third-order valence-corrected chi connectivity index (χ3v) is 4.37. The molecule has 0 aliphatic heterocycles. The molecule has 0 aliphatic carbocycles. The maximum atomic E-state index is 6.01. The van der Waals surface area contributed by atoms with Crippen molar-refractivity contribution < 1.29 is 9.47 Å². The standard InChI is InChI=1S/C20H27IN2O2/c1-4-5-11-24-20-18(13-21)23-19(17(22-20)12-15(2)3)25-14-16-9-7-6-8-10-16/h6-10,15H,4-5,11-14H2,1-3H3. The molecule has 2 rings (SSSR count). The van der Waals surface area contributed by atoms with Gasteiger partial charge in [0.15, 0.2) is 0 Å². The molecule has 136 valence electrons. The van der Waals surface area contributed by atoms with Gasteiger partial charge in [0.05, 0.1) is 6.61 Å². The molecule has 1 aromatic carbocycles. The van der Waals surface area contributed by atoms with Gasteiger partial charge < -0.3 is 9.47 Å². The highest BCUT2D eigenvalue weighted by molar-refractivity contribution is 14.1. The molecule has 0 fully saturated rings. The summed E-state index contributed by atoms with van der Waals surface area (Å²) in [6.45, 7) is 7.68. The van der Waals surface area contributed by atoms with Crippen LogP contribution in [0.5, 0.6) is 11.8 Å². The average Bonchev–Trinajstić information content (AvgIpc) is 2.61. The van der Waals surface area contributed by atoms with Crippen molar-refractivity contribution in [2.45, 2.75) is 51.1 Å². The summed E-state index contributed by atoms with van der Waals surface area (Å²) in [5, 5.41) is 0. The van der Waals surface area contributed by atoms with E-state index in [2.05, 4.69) is 55.5 Å². The van der Waals surface area contributed by atoms with Crippen LogP contribution in [0.2, 0.25) is 0 Å². The van der Waals surface area contributed by atoms with Crippen LogP contribution >= 0.6 is 22.6 Å². The minimum atomic E-state index is 0.474. The van der Waals surface area contributed by atoms with Gasteiger partial charge in [0, 0.05) is 4.43 Å². The van der Waals surface area contributed by atoms with E-state index in [9.17, 15) is 0 Å². The zero-order valence-corrected chi connectivity index (χ0v) is 17.5. The van der Waals surface area contributed by atoms with Gasteiger partial charge in [-0.2, -0.15) is 0 Å². The number of alkyl halides is 1. The molecule has 5 heteroatoms. The van der Waals surface area contributed by atoms with E-state index in [1.807, 2.05) is 18.2 Å². The van der Waals surface area contributed by atoms with Crippen molar-refractivity contribution in [3.05, 3.63) is 47.3 Å². The van der Waals surface area contributed by atoms with Crippen LogP contribution in [-0.4, -0.2) is 16.6 Å². The number of unbranched alkanes of at least 4 members (excludes halogenated alkanes) is 1. The SMILES string of the molecule is CCCCOc1nc(CC(C)C)c(OCc2ccccc2)nc1CI. The van der Waals surface area contributed by atoms with Crippen LogP contribution in [0.3, 0.4) is 0 Å². The molecule has 25 heavy (non-hydrogen) atoms. The van der Waals surface area contributed by atoms with E-state index in [-0.39, 0.29) is 0 Å². The molecule has 1 heterocycles. The lowest BCUT2D eigenvalue weighted by atomic mass is 10.1. The van der Waals surface area contributed by atoms with Crippen molar-refractivity contribution in [1.82, 2.24) is 9.97 Å². The van der Waals surface area contributed by atoms with Crippen LogP contribution < -0.4 is 9.47 Å². The quantitative estimate of drug-likeness (QED) is 0.275. The molecule has 0 saturated carbocycles. The highest BCUT2D eigenvalue weighted by Gasteiger charge is 2.17. The van der Waals surface area contributed by atoms with Crippen molar-refractivity contribution in [2.24, 2.45) is 5.92 Å². The van der Waals surface area contributed by atoms with Crippen LogP contribution in [-0.2, 0) is 17.5 Å². The molecule has 1 aromatic heterocycles. The highest BCUT2D eigenvalue weighted by Crippen LogP contribution is 2.26. The van der Waals surface area contributed by atoms with E-state index in [1.54, 1.807) is 0 Å². The summed E-state index contributed by atoms with van der Waals surface area (Å²) in [7, 11) is 0. The smallest absolute Gasteiger partial charge is 0.236 e. The Morgan fingerprint density at radius 3 is 2.32 bits per heavy atom. The first-order chi connectivity index (χ1) is 12.1. The number of aromatic nitrogens is 2. The zero-order chi connectivity index (χ0) is 18.1. The maximum absolute atomic E-state index is 6.01. The van der Waals surface area contributed by atoms with Crippen molar-refractivity contribution in [3.63, 3.8) is 0 Å². The second kappa shape index (κ2) is 10.6. The van der Waals surface area contributed by atoms with Gasteiger partial charge in [-0.3, -0.25) is 0 Å². The topological polar surface area (TPSA) is 44.2 Å². The Hall–Kier alpha value is -1.37. The summed E-state index contributed by atoms with van der Waals surface area (Å²) in [5.74, 6) is 1.76. The Morgan fingerprint density at radius 1 is 1.00 bits per heavy atom. The Bertz CT molecular complexity index is 648. The summed E-state index contributed by atoms with van der Waals surface area (Å²) in [5.41, 5.74) is 2.86. The summed E-state index contributed by atoms with van der Waals surface area (Å²) in [6, 6.07) is 10.1. The number of nitrogens with zero attached hydrogens (tertiary/aromatic N) is 2. The van der Waals surface area contributed by atoms with Gasteiger partial charge in [-0.15, -0.1) is 0 Å². The Labute approximate surface area is 164 Å². The molecule has 0 saturated heterocycles. The van der Waals surface area contributed by atoms with Crippen LogP contribution in [0.1, 0.15) is 50.6 Å². The molecular formula is C20H27IN2O2. The fourth-order valence-corrected chi connectivity index (χ4v) is 2.84. The first-order valence-electron chi connectivity index (χ1n) is 8.89. The van der Waals surface area contributed by atoms with Crippen molar-refractivity contribution >= 4 is 22.6 Å². The predicted molar refractivity (Wildman–Crippen MR) is 109 cm³/mol. The van der Waals surface area contributed by atoms with E-state index >= 15 is 0 Å². The predicted octanol–water partition coefficient (Wildman–Crippen LogP) is 5.37. The Kier molecular flexibility index (Phi) is 8.44. The zero-order valence-electron chi connectivity index (χ0n) is 15.3. The molecule has 0 radical (unpaired) electrons. The van der Waals surface area contributed by atoms with E-state index < -0.39 is 0 Å². The van der Waals surface area contributed by atoms with Crippen molar-refractivity contribution in [3.8, 4) is 11.8 Å². The van der Waals surface area contributed by atoms with E-state index in [0.717, 1.165) is 40.6 Å². The second-order valence-corrected chi connectivity index (χ2v) is 7.20. The van der Waals surface area contributed by atoms with Gasteiger partial charge in [0.2, 0.25) is 11.8 Å². The normalized spacial score (nSPS) is 10.9. The lowest BCUT2D eigenvalue weighted by molar-refractivity contribution is 0.271. The second-order valence-electron chi connectivity index (χ2n) is 6.44. The van der Waals surface area contributed by atoms with E-state index in [0.29, 0.717) is 30.9 Å². The number of benzene rings is 1. The molecule has 0 atom stereocenters. The van der Waals surface area contributed by atoms with Gasteiger partial charge >= 0.3 is 0 Å². The fraction of sp³-hybridized carbons (Fsp3) is 0.500. The average molecular weight is 454 g/mol. The number of halogens is 1. The number of hydrogen-bond donors (Lipinski definition) is 0. The van der Waals surface area contributed by atoms with E-state index in [1.165, 1.54) is 0 Å². The third kappa shape index (κ3) is 6.45. The maximum Gasteiger partial charge on any atom is 0.236 e. The van der Waals surface area contributed by atoms with Crippen molar-refractivity contribution in [1.29, 1.82) is 0 Å².